The molecule has 2 fully saturated rings. The summed E-state index contributed by atoms with van der Waals surface area (Å²) in [5.41, 5.74) is 2.27. The number of amides is 1. The second-order valence-corrected chi connectivity index (χ2v) is 6.53. The molecule has 1 heterocycles. The molecule has 3 atom stereocenters. The van der Waals surface area contributed by atoms with Crippen molar-refractivity contribution in [2.24, 2.45) is 11.8 Å². The molecule has 2 N–H and O–H groups in total. The van der Waals surface area contributed by atoms with Gasteiger partial charge in [0.2, 0.25) is 5.91 Å². The molecule has 3 nitrogen and oxygen atoms in total. The molecule has 3 heteroatoms. The number of hydrogen-bond donors (Lipinski definition) is 2. The van der Waals surface area contributed by atoms with Gasteiger partial charge in [0.25, 0.3) is 0 Å². The predicted octanol–water partition coefficient (Wildman–Crippen LogP) is 3.36. The number of carbonyl (C=O) groups excluding carboxylic acids is 1. The predicted molar refractivity (Wildman–Crippen MR) is 86.3 cm³/mol. The number of nitrogens with one attached hydrogen (secondary N) is 2. The smallest absolute Gasteiger partial charge is 0.241 e. The van der Waals surface area contributed by atoms with Crippen LogP contribution in [0.15, 0.2) is 24.3 Å². The largest absolute Gasteiger partial charge is 0.325 e. The van der Waals surface area contributed by atoms with Crippen molar-refractivity contribution in [3.05, 3.63) is 29.8 Å². The van der Waals surface area contributed by atoms with Crippen LogP contribution in [0.3, 0.4) is 0 Å². The maximum Gasteiger partial charge on any atom is 0.241 e. The van der Waals surface area contributed by atoms with Crippen LogP contribution in [0.5, 0.6) is 0 Å². The second kappa shape index (κ2) is 6.61. The van der Waals surface area contributed by atoms with E-state index in [4.69, 9.17) is 0 Å². The molecule has 0 radical (unpaired) electrons. The standard InChI is InChI=1S/C18H26N2O/c1-2-3-5-13-8-10-15(11-9-13)20-18(21)17-16-7-4-6-14(16)12-19-17/h8-11,14,16-17,19H,2-7,12H2,1H3,(H,20,21). The van der Waals surface area contributed by atoms with Gasteiger partial charge in [-0.2, -0.15) is 0 Å². The highest BCUT2D eigenvalue weighted by molar-refractivity contribution is 5.95. The zero-order valence-electron chi connectivity index (χ0n) is 12.9. The Labute approximate surface area is 127 Å². The van der Waals surface area contributed by atoms with E-state index in [1.54, 1.807) is 0 Å². The van der Waals surface area contributed by atoms with E-state index in [2.05, 4.69) is 29.7 Å². The van der Waals surface area contributed by atoms with Gasteiger partial charge in [-0.25, -0.2) is 0 Å². The zero-order chi connectivity index (χ0) is 14.7. The van der Waals surface area contributed by atoms with Gasteiger partial charge in [0, 0.05) is 5.69 Å². The van der Waals surface area contributed by atoms with Crippen LogP contribution in [-0.4, -0.2) is 18.5 Å². The Morgan fingerprint density at radius 2 is 2.10 bits per heavy atom. The van der Waals surface area contributed by atoms with Crippen molar-refractivity contribution < 1.29 is 4.79 Å². The van der Waals surface area contributed by atoms with E-state index in [0.717, 1.165) is 24.6 Å². The molecule has 1 aliphatic heterocycles. The van der Waals surface area contributed by atoms with Crippen LogP contribution in [0.25, 0.3) is 0 Å². The number of benzene rings is 1. The first-order chi connectivity index (χ1) is 10.3. The second-order valence-electron chi connectivity index (χ2n) is 6.53. The van der Waals surface area contributed by atoms with Gasteiger partial charge < -0.3 is 10.6 Å². The molecule has 1 aromatic carbocycles. The molecule has 3 rings (SSSR count). The van der Waals surface area contributed by atoms with E-state index < -0.39 is 0 Å². The Kier molecular flexibility index (Phi) is 4.59. The molecule has 1 saturated heterocycles. The number of unbranched alkanes of at least 4 members (excludes halogenated alkanes) is 1. The SMILES string of the molecule is CCCCc1ccc(NC(=O)C2NCC3CCCC32)cc1. The van der Waals surface area contributed by atoms with Gasteiger partial charge in [0.1, 0.15) is 0 Å². The van der Waals surface area contributed by atoms with E-state index in [-0.39, 0.29) is 11.9 Å². The number of carbonyl (C=O) groups is 1. The summed E-state index contributed by atoms with van der Waals surface area (Å²) in [6.45, 7) is 3.22. The molecule has 0 spiro atoms. The van der Waals surface area contributed by atoms with E-state index in [1.807, 2.05) is 12.1 Å². The summed E-state index contributed by atoms with van der Waals surface area (Å²) in [7, 11) is 0. The molecule has 3 unspecified atom stereocenters. The van der Waals surface area contributed by atoms with Crippen molar-refractivity contribution in [2.45, 2.75) is 51.5 Å². The Morgan fingerprint density at radius 1 is 1.29 bits per heavy atom. The molecule has 21 heavy (non-hydrogen) atoms. The number of rotatable bonds is 5. The Balaban J connectivity index is 1.57. The summed E-state index contributed by atoms with van der Waals surface area (Å²) >= 11 is 0. The molecule has 1 aromatic rings. The Morgan fingerprint density at radius 3 is 2.86 bits per heavy atom. The van der Waals surface area contributed by atoms with Crippen molar-refractivity contribution in [2.75, 3.05) is 11.9 Å². The van der Waals surface area contributed by atoms with Gasteiger partial charge in [-0.3, -0.25) is 4.79 Å². The van der Waals surface area contributed by atoms with Crippen LogP contribution in [0.1, 0.15) is 44.6 Å². The van der Waals surface area contributed by atoms with Crippen molar-refractivity contribution in [3.63, 3.8) is 0 Å². The van der Waals surface area contributed by atoms with Crippen molar-refractivity contribution in [1.82, 2.24) is 5.32 Å². The van der Waals surface area contributed by atoms with Gasteiger partial charge in [-0.15, -0.1) is 0 Å². The lowest BCUT2D eigenvalue weighted by Crippen LogP contribution is -2.39. The summed E-state index contributed by atoms with van der Waals surface area (Å²) in [4.78, 5) is 12.4. The summed E-state index contributed by atoms with van der Waals surface area (Å²) in [5.74, 6) is 1.41. The van der Waals surface area contributed by atoms with E-state index >= 15 is 0 Å². The third-order valence-corrected chi connectivity index (χ3v) is 5.07. The fourth-order valence-electron chi connectivity index (χ4n) is 3.83. The quantitative estimate of drug-likeness (QED) is 0.871. The summed E-state index contributed by atoms with van der Waals surface area (Å²) in [5, 5.41) is 6.48. The normalized spacial score (nSPS) is 27.6. The van der Waals surface area contributed by atoms with E-state index in [9.17, 15) is 4.79 Å². The highest BCUT2D eigenvalue weighted by Gasteiger charge is 2.42. The fourth-order valence-corrected chi connectivity index (χ4v) is 3.83. The van der Waals surface area contributed by atoms with Gasteiger partial charge in [0.05, 0.1) is 6.04 Å². The van der Waals surface area contributed by atoms with Crippen molar-refractivity contribution >= 4 is 11.6 Å². The van der Waals surface area contributed by atoms with Crippen LogP contribution >= 0.6 is 0 Å². The molecule has 0 bridgehead atoms. The average molecular weight is 286 g/mol. The summed E-state index contributed by atoms with van der Waals surface area (Å²) in [6.07, 6.45) is 7.33. The van der Waals surface area contributed by atoms with Crippen LogP contribution in [-0.2, 0) is 11.2 Å². The molecule has 1 amide bonds. The Bertz CT molecular complexity index is 482. The topological polar surface area (TPSA) is 41.1 Å². The maximum absolute atomic E-state index is 12.4. The molecule has 2 aliphatic rings. The lowest BCUT2D eigenvalue weighted by atomic mass is 9.93. The molecule has 114 valence electrons. The first kappa shape index (κ1) is 14.6. The first-order valence-corrected chi connectivity index (χ1v) is 8.41. The minimum Gasteiger partial charge on any atom is -0.325 e. The fraction of sp³-hybridized carbons (Fsp3) is 0.611. The van der Waals surface area contributed by atoms with Crippen LogP contribution in [0.4, 0.5) is 5.69 Å². The van der Waals surface area contributed by atoms with Crippen LogP contribution < -0.4 is 10.6 Å². The summed E-state index contributed by atoms with van der Waals surface area (Å²) in [6, 6.07) is 8.34. The lowest BCUT2D eigenvalue weighted by molar-refractivity contribution is -0.118. The molecule has 1 aliphatic carbocycles. The van der Waals surface area contributed by atoms with Crippen molar-refractivity contribution in [1.29, 1.82) is 0 Å². The average Bonchev–Trinajstić information content (AvgIpc) is 3.09. The number of fused-ring (bicyclic) bond motifs is 1. The zero-order valence-corrected chi connectivity index (χ0v) is 12.9. The highest BCUT2D eigenvalue weighted by Crippen LogP contribution is 2.37. The van der Waals surface area contributed by atoms with Crippen LogP contribution in [0.2, 0.25) is 0 Å². The van der Waals surface area contributed by atoms with Gasteiger partial charge >= 0.3 is 0 Å². The molecule has 1 saturated carbocycles. The third kappa shape index (κ3) is 3.29. The monoisotopic (exact) mass is 286 g/mol. The van der Waals surface area contributed by atoms with E-state index in [1.165, 1.54) is 37.7 Å². The minimum atomic E-state index is 0.0114. The summed E-state index contributed by atoms with van der Waals surface area (Å²) < 4.78 is 0. The maximum atomic E-state index is 12.4. The minimum absolute atomic E-state index is 0.0114. The molecular weight excluding hydrogens is 260 g/mol. The van der Waals surface area contributed by atoms with E-state index in [0.29, 0.717) is 5.92 Å². The molecular formula is C18H26N2O. The van der Waals surface area contributed by atoms with Gasteiger partial charge in [-0.1, -0.05) is 31.9 Å². The van der Waals surface area contributed by atoms with Crippen molar-refractivity contribution in [3.8, 4) is 0 Å². The van der Waals surface area contributed by atoms with Crippen LogP contribution in [0, 0.1) is 11.8 Å². The number of aryl methyl sites for hydroxylation is 1. The van der Waals surface area contributed by atoms with Gasteiger partial charge in [0.15, 0.2) is 0 Å². The van der Waals surface area contributed by atoms with Gasteiger partial charge in [-0.05, 0) is 61.8 Å². The highest BCUT2D eigenvalue weighted by atomic mass is 16.2. The lowest BCUT2D eigenvalue weighted by Gasteiger charge is -2.17. The Hall–Kier alpha value is -1.35. The number of hydrogen-bond acceptors (Lipinski definition) is 2. The third-order valence-electron chi connectivity index (χ3n) is 5.07. The molecule has 0 aromatic heterocycles. The first-order valence-electron chi connectivity index (χ1n) is 8.41. The number of anilines is 1.